The molecule has 3 N–H and O–H groups in total. The van der Waals surface area contributed by atoms with Crippen molar-refractivity contribution in [3.05, 3.63) is 28.2 Å². The zero-order valence-corrected chi connectivity index (χ0v) is 10.8. The molecule has 5 heteroatoms. The summed E-state index contributed by atoms with van der Waals surface area (Å²) in [6.07, 6.45) is 1.58. The van der Waals surface area contributed by atoms with E-state index in [2.05, 4.69) is 21.2 Å². The Morgan fingerprint density at radius 3 is 2.88 bits per heavy atom. The summed E-state index contributed by atoms with van der Waals surface area (Å²) in [5.74, 6) is -0.110. The smallest absolute Gasteiger partial charge is 0.255 e. The van der Waals surface area contributed by atoms with Crippen LogP contribution in [0.3, 0.4) is 0 Å². The van der Waals surface area contributed by atoms with Crippen molar-refractivity contribution in [2.75, 3.05) is 6.54 Å². The molecule has 1 aliphatic rings. The normalized spacial score (nSPS) is 16.6. The van der Waals surface area contributed by atoms with E-state index in [9.17, 15) is 15.0 Å². The van der Waals surface area contributed by atoms with Crippen molar-refractivity contribution >= 4 is 21.8 Å². The first-order valence-electron chi connectivity index (χ1n) is 5.52. The number of amides is 1. The molecule has 1 aliphatic carbocycles. The Labute approximate surface area is 108 Å². The zero-order valence-electron chi connectivity index (χ0n) is 9.19. The number of rotatable bonds is 4. The summed E-state index contributed by atoms with van der Waals surface area (Å²) in [4.78, 5) is 11.8. The number of carbonyl (C=O) groups is 1. The molecule has 0 radical (unpaired) electrons. The van der Waals surface area contributed by atoms with Crippen molar-refractivity contribution in [1.82, 2.24) is 5.32 Å². The van der Waals surface area contributed by atoms with Gasteiger partial charge in [-0.25, -0.2) is 0 Å². The lowest BCUT2D eigenvalue weighted by Crippen LogP contribution is -2.33. The molecule has 0 bridgehead atoms. The lowest BCUT2D eigenvalue weighted by Gasteiger charge is -2.11. The molecule has 17 heavy (non-hydrogen) atoms. The average molecular weight is 300 g/mol. The standard InChI is InChI=1S/C12H14BrNO3/c13-8-3-4-10(15)9(5-8)12(17)14-6-11(16)7-1-2-7/h3-5,7,11,15-16H,1-2,6H2,(H,14,17). The van der Waals surface area contributed by atoms with Gasteiger partial charge in [-0.05, 0) is 37.0 Å². The van der Waals surface area contributed by atoms with E-state index < -0.39 is 6.10 Å². The monoisotopic (exact) mass is 299 g/mol. The highest BCUT2D eigenvalue weighted by Crippen LogP contribution is 2.32. The molecule has 0 heterocycles. The highest BCUT2D eigenvalue weighted by molar-refractivity contribution is 9.10. The summed E-state index contributed by atoms with van der Waals surface area (Å²) in [7, 11) is 0. The SMILES string of the molecule is O=C(NCC(O)C1CC1)c1cc(Br)ccc1O. The van der Waals surface area contributed by atoms with E-state index in [0.29, 0.717) is 5.92 Å². The third kappa shape index (κ3) is 3.20. The number of aromatic hydroxyl groups is 1. The Kier molecular flexibility index (Phi) is 3.69. The molecule has 0 spiro atoms. The molecule has 2 rings (SSSR count). The summed E-state index contributed by atoms with van der Waals surface area (Å²) < 4.78 is 0.725. The Morgan fingerprint density at radius 1 is 1.53 bits per heavy atom. The summed E-state index contributed by atoms with van der Waals surface area (Å²) in [5.41, 5.74) is 0.211. The van der Waals surface area contributed by atoms with Crippen LogP contribution in [0.25, 0.3) is 0 Å². The number of halogens is 1. The van der Waals surface area contributed by atoms with E-state index in [1.165, 1.54) is 6.07 Å². The van der Waals surface area contributed by atoms with Crippen LogP contribution in [0.2, 0.25) is 0 Å². The summed E-state index contributed by atoms with van der Waals surface area (Å²) in [6.45, 7) is 0.232. The summed E-state index contributed by atoms with van der Waals surface area (Å²) >= 11 is 3.24. The largest absolute Gasteiger partial charge is 0.507 e. The number of aliphatic hydroxyl groups excluding tert-OH is 1. The number of carbonyl (C=O) groups excluding carboxylic acids is 1. The van der Waals surface area contributed by atoms with E-state index >= 15 is 0 Å². The molecule has 0 aliphatic heterocycles. The molecule has 1 aromatic rings. The van der Waals surface area contributed by atoms with Crippen LogP contribution in [0.15, 0.2) is 22.7 Å². The second-order valence-corrected chi connectivity index (χ2v) is 5.19. The van der Waals surface area contributed by atoms with Crippen LogP contribution in [-0.4, -0.2) is 28.8 Å². The first kappa shape index (κ1) is 12.4. The Morgan fingerprint density at radius 2 is 2.24 bits per heavy atom. The van der Waals surface area contributed by atoms with Crippen LogP contribution in [0.5, 0.6) is 5.75 Å². The van der Waals surface area contributed by atoms with Crippen molar-refractivity contribution in [3.8, 4) is 5.75 Å². The first-order valence-corrected chi connectivity index (χ1v) is 6.32. The molecule has 1 saturated carbocycles. The number of phenols is 1. The average Bonchev–Trinajstić information content (AvgIpc) is 3.12. The minimum atomic E-state index is -0.478. The van der Waals surface area contributed by atoms with Gasteiger partial charge in [-0.3, -0.25) is 4.79 Å². The van der Waals surface area contributed by atoms with Gasteiger partial charge in [-0.1, -0.05) is 15.9 Å². The second-order valence-electron chi connectivity index (χ2n) is 4.28. The van der Waals surface area contributed by atoms with Crippen LogP contribution >= 0.6 is 15.9 Å². The topological polar surface area (TPSA) is 69.6 Å². The number of nitrogens with one attached hydrogen (secondary N) is 1. The number of aliphatic hydroxyl groups is 1. The third-order valence-electron chi connectivity index (χ3n) is 2.84. The molecule has 4 nitrogen and oxygen atoms in total. The van der Waals surface area contributed by atoms with Gasteiger partial charge in [0, 0.05) is 11.0 Å². The maximum atomic E-state index is 11.8. The van der Waals surface area contributed by atoms with Crippen molar-refractivity contribution < 1.29 is 15.0 Å². The second kappa shape index (κ2) is 5.06. The van der Waals surface area contributed by atoms with E-state index in [-0.39, 0.29) is 23.8 Å². The summed E-state index contributed by atoms with van der Waals surface area (Å²) in [6, 6.07) is 4.66. The van der Waals surface area contributed by atoms with Gasteiger partial charge in [0.2, 0.25) is 0 Å². The number of benzene rings is 1. The fourth-order valence-corrected chi connectivity index (χ4v) is 1.99. The maximum absolute atomic E-state index is 11.8. The van der Waals surface area contributed by atoms with E-state index in [4.69, 9.17) is 0 Å². The highest BCUT2D eigenvalue weighted by Gasteiger charge is 2.29. The lowest BCUT2D eigenvalue weighted by molar-refractivity contribution is 0.0898. The zero-order chi connectivity index (χ0) is 12.4. The molecular weight excluding hydrogens is 286 g/mol. The quantitative estimate of drug-likeness (QED) is 0.792. The molecule has 92 valence electrons. The fraction of sp³-hybridized carbons (Fsp3) is 0.417. The van der Waals surface area contributed by atoms with Gasteiger partial charge in [0.1, 0.15) is 5.75 Å². The molecule has 1 amide bonds. The minimum Gasteiger partial charge on any atom is -0.507 e. The Hall–Kier alpha value is -1.07. The molecule has 1 aromatic carbocycles. The Bertz CT molecular complexity index is 432. The van der Waals surface area contributed by atoms with Gasteiger partial charge < -0.3 is 15.5 Å². The number of hydrogen-bond acceptors (Lipinski definition) is 3. The van der Waals surface area contributed by atoms with Gasteiger partial charge in [-0.15, -0.1) is 0 Å². The molecule has 0 aromatic heterocycles. The predicted octanol–water partition coefficient (Wildman–Crippen LogP) is 1.66. The van der Waals surface area contributed by atoms with E-state index in [1.54, 1.807) is 12.1 Å². The van der Waals surface area contributed by atoms with Crippen molar-refractivity contribution in [3.63, 3.8) is 0 Å². The molecule has 1 atom stereocenters. The number of hydrogen-bond donors (Lipinski definition) is 3. The van der Waals surface area contributed by atoms with Gasteiger partial charge in [0.05, 0.1) is 11.7 Å². The van der Waals surface area contributed by atoms with Crippen LogP contribution in [0.4, 0.5) is 0 Å². The van der Waals surface area contributed by atoms with Crippen LogP contribution in [0, 0.1) is 5.92 Å². The van der Waals surface area contributed by atoms with Gasteiger partial charge in [0.25, 0.3) is 5.91 Å². The van der Waals surface area contributed by atoms with Gasteiger partial charge >= 0.3 is 0 Å². The van der Waals surface area contributed by atoms with Crippen molar-refractivity contribution in [2.45, 2.75) is 18.9 Å². The first-order chi connectivity index (χ1) is 8.08. The molecular formula is C12H14BrNO3. The molecule has 1 fully saturated rings. The predicted molar refractivity (Wildman–Crippen MR) is 66.9 cm³/mol. The minimum absolute atomic E-state index is 0.0633. The van der Waals surface area contributed by atoms with Gasteiger partial charge in [-0.2, -0.15) is 0 Å². The van der Waals surface area contributed by atoms with Gasteiger partial charge in [0.15, 0.2) is 0 Å². The Balaban J connectivity index is 1.96. The van der Waals surface area contributed by atoms with E-state index in [1.807, 2.05) is 0 Å². The molecule has 1 unspecified atom stereocenters. The third-order valence-corrected chi connectivity index (χ3v) is 3.33. The summed E-state index contributed by atoms with van der Waals surface area (Å²) in [5, 5.41) is 21.8. The molecule has 0 saturated heterocycles. The highest BCUT2D eigenvalue weighted by atomic mass is 79.9. The van der Waals surface area contributed by atoms with Crippen molar-refractivity contribution in [2.24, 2.45) is 5.92 Å². The van der Waals surface area contributed by atoms with E-state index in [0.717, 1.165) is 17.3 Å². The van der Waals surface area contributed by atoms with Crippen LogP contribution < -0.4 is 5.32 Å². The van der Waals surface area contributed by atoms with Crippen LogP contribution in [0.1, 0.15) is 23.2 Å². The number of phenolic OH excluding ortho intramolecular Hbond substituents is 1. The lowest BCUT2D eigenvalue weighted by atomic mass is 10.1. The van der Waals surface area contributed by atoms with Crippen molar-refractivity contribution in [1.29, 1.82) is 0 Å². The fourth-order valence-electron chi connectivity index (χ4n) is 1.63. The van der Waals surface area contributed by atoms with Crippen LogP contribution in [-0.2, 0) is 0 Å². The maximum Gasteiger partial charge on any atom is 0.255 e.